The minimum absolute atomic E-state index is 0.0165. The Balaban J connectivity index is 2.19. The van der Waals surface area contributed by atoms with Crippen molar-refractivity contribution >= 4 is 23.2 Å². The molecule has 1 aromatic carbocycles. The number of amides is 2. The van der Waals surface area contributed by atoms with Crippen LogP contribution in [0.1, 0.15) is 43.2 Å². The van der Waals surface area contributed by atoms with Crippen molar-refractivity contribution in [3.63, 3.8) is 0 Å². The van der Waals surface area contributed by atoms with Crippen LogP contribution >= 0.6 is 11.3 Å². The van der Waals surface area contributed by atoms with Crippen molar-refractivity contribution in [1.29, 1.82) is 0 Å². The van der Waals surface area contributed by atoms with Crippen molar-refractivity contribution in [2.75, 3.05) is 6.54 Å². The Kier molecular flexibility index (Phi) is 7.39. The van der Waals surface area contributed by atoms with Crippen LogP contribution in [0.25, 0.3) is 0 Å². The number of hydrogen-bond acceptors (Lipinski definition) is 3. The molecule has 0 radical (unpaired) electrons. The third-order valence-corrected chi connectivity index (χ3v) is 5.71. The number of carbonyl (C=O) groups excluding carboxylic acids is 2. The fraction of sp³-hybridized carbons (Fsp3) is 0.429. The number of thiophene rings is 1. The fourth-order valence-electron chi connectivity index (χ4n) is 2.82. The van der Waals surface area contributed by atoms with Gasteiger partial charge in [0.05, 0.1) is 13.1 Å². The highest BCUT2D eigenvalue weighted by Crippen LogP contribution is 2.20. The van der Waals surface area contributed by atoms with Gasteiger partial charge in [-0.2, -0.15) is 0 Å². The number of carbonyl (C=O) groups is 2. The number of rotatable bonds is 8. The topological polar surface area (TPSA) is 40.6 Å². The molecule has 0 saturated heterocycles. The second-order valence-electron chi connectivity index (χ2n) is 6.67. The monoisotopic (exact) mass is 372 g/mol. The van der Waals surface area contributed by atoms with Crippen LogP contribution in [0, 0.1) is 6.92 Å². The predicted molar refractivity (Wildman–Crippen MR) is 107 cm³/mol. The zero-order chi connectivity index (χ0) is 19.1. The lowest BCUT2D eigenvalue weighted by Crippen LogP contribution is -2.45. The molecule has 0 N–H and O–H groups in total. The minimum Gasteiger partial charge on any atom is -0.332 e. The normalized spacial score (nSPS) is 11.8. The summed E-state index contributed by atoms with van der Waals surface area (Å²) < 4.78 is 0. The summed E-state index contributed by atoms with van der Waals surface area (Å²) in [6.45, 7) is 8.86. The number of benzene rings is 1. The van der Waals surface area contributed by atoms with Gasteiger partial charge in [0.2, 0.25) is 11.8 Å². The van der Waals surface area contributed by atoms with Gasteiger partial charge in [0, 0.05) is 24.4 Å². The molecule has 0 spiro atoms. The molecule has 4 nitrogen and oxygen atoms in total. The lowest BCUT2D eigenvalue weighted by atomic mass is 10.2. The molecule has 140 valence electrons. The summed E-state index contributed by atoms with van der Waals surface area (Å²) in [4.78, 5) is 29.8. The Morgan fingerprint density at radius 3 is 2.35 bits per heavy atom. The van der Waals surface area contributed by atoms with E-state index in [1.165, 1.54) is 17.4 Å². The first-order valence-corrected chi connectivity index (χ1v) is 9.92. The van der Waals surface area contributed by atoms with E-state index in [4.69, 9.17) is 0 Å². The Hall–Kier alpha value is -2.14. The van der Waals surface area contributed by atoms with Crippen LogP contribution in [0.4, 0.5) is 0 Å². The van der Waals surface area contributed by atoms with Crippen LogP contribution in [-0.2, 0) is 22.7 Å². The van der Waals surface area contributed by atoms with Crippen LogP contribution in [0.5, 0.6) is 0 Å². The van der Waals surface area contributed by atoms with E-state index in [9.17, 15) is 9.59 Å². The maximum absolute atomic E-state index is 13.1. The highest BCUT2D eigenvalue weighted by molar-refractivity contribution is 7.10. The molecular formula is C21H28N2O2S. The summed E-state index contributed by atoms with van der Waals surface area (Å²) in [5.74, 6) is -0.0724. The summed E-state index contributed by atoms with van der Waals surface area (Å²) in [6, 6.07) is 12.1. The van der Waals surface area contributed by atoms with Gasteiger partial charge >= 0.3 is 0 Å². The van der Waals surface area contributed by atoms with Crippen molar-refractivity contribution in [3.05, 3.63) is 57.8 Å². The molecule has 5 heteroatoms. The van der Waals surface area contributed by atoms with Gasteiger partial charge in [-0.3, -0.25) is 9.59 Å². The minimum atomic E-state index is -0.0559. The van der Waals surface area contributed by atoms with Gasteiger partial charge in [-0.1, -0.05) is 37.3 Å². The SMILES string of the molecule is CC[C@H](C)N(CC(=O)N(Cc1ccccc1)Cc1sccc1C)C(C)=O. The molecule has 26 heavy (non-hydrogen) atoms. The first-order valence-electron chi connectivity index (χ1n) is 9.04. The predicted octanol–water partition coefficient (Wildman–Crippen LogP) is 4.23. The Labute approximate surface area is 160 Å². The summed E-state index contributed by atoms with van der Waals surface area (Å²) in [5, 5.41) is 2.05. The fourth-order valence-corrected chi connectivity index (χ4v) is 3.74. The van der Waals surface area contributed by atoms with Crippen molar-refractivity contribution in [1.82, 2.24) is 9.80 Å². The van der Waals surface area contributed by atoms with E-state index in [2.05, 4.69) is 18.4 Å². The van der Waals surface area contributed by atoms with E-state index < -0.39 is 0 Å². The Bertz CT molecular complexity index is 727. The Morgan fingerprint density at radius 2 is 1.81 bits per heavy atom. The molecule has 2 aromatic rings. The van der Waals surface area contributed by atoms with Gasteiger partial charge in [-0.25, -0.2) is 0 Å². The highest BCUT2D eigenvalue weighted by atomic mass is 32.1. The maximum Gasteiger partial charge on any atom is 0.242 e. The second kappa shape index (κ2) is 9.53. The lowest BCUT2D eigenvalue weighted by molar-refractivity contribution is -0.141. The van der Waals surface area contributed by atoms with Crippen LogP contribution in [-0.4, -0.2) is 34.2 Å². The van der Waals surface area contributed by atoms with Crippen molar-refractivity contribution in [2.24, 2.45) is 0 Å². The first kappa shape index (κ1) is 20.2. The summed E-state index contributed by atoms with van der Waals surface area (Å²) in [7, 11) is 0. The molecule has 0 aliphatic carbocycles. The molecular weight excluding hydrogens is 344 g/mol. The second-order valence-corrected chi connectivity index (χ2v) is 7.67. The van der Waals surface area contributed by atoms with E-state index in [1.807, 2.05) is 49.1 Å². The molecule has 0 aliphatic heterocycles. The van der Waals surface area contributed by atoms with Crippen LogP contribution in [0.2, 0.25) is 0 Å². The number of aryl methyl sites for hydroxylation is 1. The highest BCUT2D eigenvalue weighted by Gasteiger charge is 2.23. The molecule has 1 heterocycles. The first-order chi connectivity index (χ1) is 12.4. The van der Waals surface area contributed by atoms with Gasteiger partial charge in [0.15, 0.2) is 0 Å². The largest absolute Gasteiger partial charge is 0.332 e. The van der Waals surface area contributed by atoms with Crippen molar-refractivity contribution in [3.8, 4) is 0 Å². The van der Waals surface area contributed by atoms with Gasteiger partial charge < -0.3 is 9.80 Å². The Morgan fingerprint density at radius 1 is 1.12 bits per heavy atom. The molecule has 2 rings (SSSR count). The average molecular weight is 373 g/mol. The smallest absolute Gasteiger partial charge is 0.242 e. The van der Waals surface area contributed by atoms with E-state index in [0.29, 0.717) is 13.1 Å². The van der Waals surface area contributed by atoms with Crippen molar-refractivity contribution in [2.45, 2.75) is 53.2 Å². The molecule has 1 atom stereocenters. The molecule has 0 saturated carbocycles. The van der Waals surface area contributed by atoms with Crippen LogP contribution in [0.15, 0.2) is 41.8 Å². The van der Waals surface area contributed by atoms with Gasteiger partial charge in [0.25, 0.3) is 0 Å². The number of hydrogen-bond donors (Lipinski definition) is 0. The lowest BCUT2D eigenvalue weighted by Gasteiger charge is -2.30. The van der Waals surface area contributed by atoms with Crippen LogP contribution < -0.4 is 0 Å². The van der Waals surface area contributed by atoms with Crippen molar-refractivity contribution < 1.29 is 9.59 Å². The standard InChI is InChI=1S/C21H28N2O2S/c1-5-17(3)23(18(4)24)15-21(25)22(13-19-9-7-6-8-10-19)14-20-16(2)11-12-26-20/h6-12,17H,5,13-15H2,1-4H3/t17-/m0/s1. The third kappa shape index (κ3) is 5.43. The van der Waals surface area contributed by atoms with Gasteiger partial charge in [-0.05, 0) is 42.8 Å². The van der Waals surface area contributed by atoms with E-state index in [0.717, 1.165) is 12.0 Å². The molecule has 0 bridgehead atoms. The molecule has 0 fully saturated rings. The molecule has 0 aliphatic rings. The quantitative estimate of drug-likeness (QED) is 0.696. The number of nitrogens with zero attached hydrogens (tertiary/aromatic N) is 2. The van der Waals surface area contributed by atoms with Gasteiger partial charge in [0.1, 0.15) is 0 Å². The summed E-state index contributed by atoms with van der Waals surface area (Å²) >= 11 is 1.67. The average Bonchev–Trinajstić information content (AvgIpc) is 3.03. The van der Waals surface area contributed by atoms with E-state index in [1.54, 1.807) is 16.2 Å². The van der Waals surface area contributed by atoms with E-state index in [-0.39, 0.29) is 24.4 Å². The van der Waals surface area contributed by atoms with Crippen LogP contribution in [0.3, 0.4) is 0 Å². The van der Waals surface area contributed by atoms with Gasteiger partial charge in [-0.15, -0.1) is 11.3 Å². The summed E-state index contributed by atoms with van der Waals surface area (Å²) in [5.41, 5.74) is 2.29. The zero-order valence-electron chi connectivity index (χ0n) is 16.1. The molecule has 1 aromatic heterocycles. The molecule has 0 unspecified atom stereocenters. The molecule has 2 amide bonds. The third-order valence-electron chi connectivity index (χ3n) is 4.70. The van der Waals surface area contributed by atoms with E-state index >= 15 is 0 Å². The maximum atomic E-state index is 13.1. The zero-order valence-corrected chi connectivity index (χ0v) is 16.9. The summed E-state index contributed by atoms with van der Waals surface area (Å²) in [6.07, 6.45) is 0.829.